The Balaban J connectivity index is 2.05. The lowest BCUT2D eigenvalue weighted by molar-refractivity contribution is 0.0944. The van der Waals surface area contributed by atoms with Crippen LogP contribution in [0.15, 0.2) is 53.0 Å². The van der Waals surface area contributed by atoms with Crippen LogP contribution in [0, 0.1) is 5.92 Å². The van der Waals surface area contributed by atoms with Crippen molar-refractivity contribution in [3.05, 3.63) is 64.1 Å². The van der Waals surface area contributed by atoms with Gasteiger partial charge in [-0.1, -0.05) is 53.2 Å². The third kappa shape index (κ3) is 5.08. The van der Waals surface area contributed by atoms with Gasteiger partial charge in [0.15, 0.2) is 0 Å². The molecule has 0 heterocycles. The van der Waals surface area contributed by atoms with Crippen LogP contribution in [0.2, 0.25) is 0 Å². The van der Waals surface area contributed by atoms with Crippen molar-refractivity contribution in [3.8, 4) is 5.75 Å². The van der Waals surface area contributed by atoms with Gasteiger partial charge in [0.05, 0.1) is 5.56 Å². The lowest BCUT2D eigenvalue weighted by atomic mass is 10.1. The van der Waals surface area contributed by atoms with Crippen molar-refractivity contribution in [2.45, 2.75) is 13.5 Å². The summed E-state index contributed by atoms with van der Waals surface area (Å²) in [5.74, 6) is 0.668. The maximum Gasteiger partial charge on any atom is 0.255 e. The van der Waals surface area contributed by atoms with Gasteiger partial charge in [0.25, 0.3) is 5.91 Å². The number of benzene rings is 2. The minimum Gasteiger partial charge on any atom is -0.488 e. The topological polar surface area (TPSA) is 64.3 Å². The molecule has 5 heteroatoms. The highest BCUT2D eigenvalue weighted by Crippen LogP contribution is 2.22. The number of rotatable bonds is 7. The Morgan fingerprint density at radius 3 is 2.65 bits per heavy atom. The van der Waals surface area contributed by atoms with E-state index in [0.29, 0.717) is 31.0 Å². The highest BCUT2D eigenvalue weighted by atomic mass is 79.9. The fraction of sp³-hybridized carbons (Fsp3) is 0.278. The van der Waals surface area contributed by atoms with E-state index >= 15 is 0 Å². The van der Waals surface area contributed by atoms with E-state index in [1.165, 1.54) is 0 Å². The van der Waals surface area contributed by atoms with Gasteiger partial charge in [-0.3, -0.25) is 4.79 Å². The van der Waals surface area contributed by atoms with Crippen molar-refractivity contribution in [1.29, 1.82) is 0 Å². The molecule has 0 spiro atoms. The molecule has 0 aliphatic carbocycles. The molecule has 1 amide bonds. The molecule has 2 aromatic carbocycles. The summed E-state index contributed by atoms with van der Waals surface area (Å²) in [6.45, 7) is 3.48. The van der Waals surface area contributed by atoms with Crippen molar-refractivity contribution in [2.24, 2.45) is 11.7 Å². The number of ether oxygens (including phenoxy) is 1. The van der Waals surface area contributed by atoms with Crippen LogP contribution in [0.4, 0.5) is 0 Å². The minimum absolute atomic E-state index is 0.145. The zero-order valence-electron chi connectivity index (χ0n) is 13.1. The standard InChI is InChI=1S/C18H21BrN2O2/c1-13(10-20)11-21-18(22)15-7-3-5-9-17(15)23-12-14-6-2-4-8-16(14)19/h2-9,13H,10-12,20H2,1H3,(H,21,22). The first-order chi connectivity index (χ1) is 11.1. The fourth-order valence-electron chi connectivity index (χ4n) is 2.00. The van der Waals surface area contributed by atoms with Crippen molar-refractivity contribution in [1.82, 2.24) is 5.32 Å². The molecule has 3 N–H and O–H groups in total. The predicted molar refractivity (Wildman–Crippen MR) is 95.5 cm³/mol. The maximum absolute atomic E-state index is 12.3. The average Bonchev–Trinajstić information content (AvgIpc) is 2.59. The van der Waals surface area contributed by atoms with Gasteiger partial charge in [-0.05, 0) is 30.7 Å². The zero-order chi connectivity index (χ0) is 16.7. The number of carbonyl (C=O) groups is 1. The van der Waals surface area contributed by atoms with E-state index in [4.69, 9.17) is 10.5 Å². The van der Waals surface area contributed by atoms with Crippen LogP contribution < -0.4 is 15.8 Å². The van der Waals surface area contributed by atoms with Crippen LogP contribution in [-0.4, -0.2) is 19.0 Å². The molecule has 2 rings (SSSR count). The van der Waals surface area contributed by atoms with Gasteiger partial charge in [0.1, 0.15) is 12.4 Å². The van der Waals surface area contributed by atoms with E-state index in [2.05, 4.69) is 21.2 Å². The molecule has 1 atom stereocenters. The molecule has 0 saturated carbocycles. The summed E-state index contributed by atoms with van der Waals surface area (Å²) in [4.78, 5) is 12.3. The summed E-state index contributed by atoms with van der Waals surface area (Å²) in [7, 11) is 0. The van der Waals surface area contributed by atoms with Gasteiger partial charge in [0.2, 0.25) is 0 Å². The Morgan fingerprint density at radius 1 is 1.22 bits per heavy atom. The molecule has 122 valence electrons. The summed E-state index contributed by atoms with van der Waals surface area (Å²) in [6, 6.07) is 15.1. The summed E-state index contributed by atoms with van der Waals surface area (Å²) in [6.07, 6.45) is 0. The highest BCUT2D eigenvalue weighted by molar-refractivity contribution is 9.10. The molecule has 0 radical (unpaired) electrons. The second-order valence-corrected chi connectivity index (χ2v) is 6.28. The van der Waals surface area contributed by atoms with Crippen LogP contribution in [0.25, 0.3) is 0 Å². The summed E-state index contributed by atoms with van der Waals surface area (Å²) in [5, 5.41) is 2.89. The number of nitrogens with two attached hydrogens (primary N) is 1. The first-order valence-electron chi connectivity index (χ1n) is 7.55. The normalized spacial score (nSPS) is 11.8. The molecule has 0 aliphatic heterocycles. The second kappa shape index (κ2) is 8.70. The Kier molecular flexibility index (Phi) is 6.62. The van der Waals surface area contributed by atoms with Crippen molar-refractivity contribution in [3.63, 3.8) is 0 Å². The van der Waals surface area contributed by atoms with Gasteiger partial charge < -0.3 is 15.8 Å². The minimum atomic E-state index is -0.145. The smallest absolute Gasteiger partial charge is 0.255 e. The number of nitrogens with one attached hydrogen (secondary N) is 1. The number of amides is 1. The van der Waals surface area contributed by atoms with Crippen molar-refractivity contribution >= 4 is 21.8 Å². The maximum atomic E-state index is 12.3. The Bertz CT molecular complexity index is 661. The van der Waals surface area contributed by atoms with E-state index in [-0.39, 0.29) is 11.8 Å². The van der Waals surface area contributed by atoms with E-state index in [1.807, 2.05) is 43.3 Å². The Hall–Kier alpha value is -1.85. The molecular formula is C18H21BrN2O2. The van der Waals surface area contributed by atoms with Gasteiger partial charge in [-0.25, -0.2) is 0 Å². The molecule has 0 aromatic heterocycles. The molecular weight excluding hydrogens is 356 g/mol. The molecule has 4 nitrogen and oxygen atoms in total. The largest absolute Gasteiger partial charge is 0.488 e. The Labute approximate surface area is 145 Å². The number of carbonyl (C=O) groups excluding carboxylic acids is 1. The molecule has 0 aliphatic rings. The molecule has 23 heavy (non-hydrogen) atoms. The van der Waals surface area contributed by atoms with Crippen LogP contribution in [0.3, 0.4) is 0 Å². The number of hydrogen-bond donors (Lipinski definition) is 2. The van der Waals surface area contributed by atoms with Crippen LogP contribution in [-0.2, 0) is 6.61 Å². The highest BCUT2D eigenvalue weighted by Gasteiger charge is 2.13. The third-order valence-electron chi connectivity index (χ3n) is 3.49. The van der Waals surface area contributed by atoms with Crippen molar-refractivity contribution < 1.29 is 9.53 Å². The third-order valence-corrected chi connectivity index (χ3v) is 4.26. The molecule has 0 fully saturated rings. The number of para-hydroxylation sites is 1. The van der Waals surface area contributed by atoms with Crippen LogP contribution in [0.5, 0.6) is 5.75 Å². The lowest BCUT2D eigenvalue weighted by Crippen LogP contribution is -2.31. The molecule has 0 saturated heterocycles. The first-order valence-corrected chi connectivity index (χ1v) is 8.34. The van der Waals surface area contributed by atoms with Crippen LogP contribution in [0.1, 0.15) is 22.8 Å². The van der Waals surface area contributed by atoms with Gasteiger partial charge in [0, 0.05) is 16.6 Å². The number of hydrogen-bond acceptors (Lipinski definition) is 3. The summed E-state index contributed by atoms with van der Waals surface area (Å²) < 4.78 is 6.83. The first kappa shape index (κ1) is 17.5. The van der Waals surface area contributed by atoms with Crippen LogP contribution >= 0.6 is 15.9 Å². The molecule has 2 aromatic rings. The van der Waals surface area contributed by atoms with E-state index in [9.17, 15) is 4.79 Å². The van der Waals surface area contributed by atoms with E-state index in [1.54, 1.807) is 12.1 Å². The fourth-order valence-corrected chi connectivity index (χ4v) is 2.40. The molecule has 1 unspecified atom stereocenters. The van der Waals surface area contributed by atoms with Gasteiger partial charge in [-0.2, -0.15) is 0 Å². The zero-order valence-corrected chi connectivity index (χ0v) is 14.7. The lowest BCUT2D eigenvalue weighted by Gasteiger charge is -2.14. The van der Waals surface area contributed by atoms with E-state index in [0.717, 1.165) is 10.0 Å². The SMILES string of the molecule is CC(CN)CNC(=O)c1ccccc1OCc1ccccc1Br. The summed E-state index contributed by atoms with van der Waals surface area (Å²) in [5.41, 5.74) is 7.13. The molecule has 0 bridgehead atoms. The Morgan fingerprint density at radius 2 is 1.91 bits per heavy atom. The van der Waals surface area contributed by atoms with Gasteiger partial charge >= 0.3 is 0 Å². The van der Waals surface area contributed by atoms with Gasteiger partial charge in [-0.15, -0.1) is 0 Å². The second-order valence-electron chi connectivity index (χ2n) is 5.43. The van der Waals surface area contributed by atoms with E-state index < -0.39 is 0 Å². The monoisotopic (exact) mass is 376 g/mol. The predicted octanol–water partition coefficient (Wildman–Crippen LogP) is 3.35. The number of halogens is 1. The summed E-state index contributed by atoms with van der Waals surface area (Å²) >= 11 is 3.49. The van der Waals surface area contributed by atoms with Crippen molar-refractivity contribution in [2.75, 3.05) is 13.1 Å². The average molecular weight is 377 g/mol. The quantitative estimate of drug-likeness (QED) is 0.778.